The molecule has 1 rings (SSSR count). The zero-order valence-corrected chi connectivity index (χ0v) is 12.1. The van der Waals surface area contributed by atoms with Gasteiger partial charge in [0.1, 0.15) is 0 Å². The molecule has 8 heteroatoms. The Bertz CT molecular complexity index is 530. The van der Waals surface area contributed by atoms with E-state index in [-0.39, 0.29) is 0 Å². The highest BCUT2D eigenvalue weighted by Crippen LogP contribution is 2.12. The van der Waals surface area contributed by atoms with Gasteiger partial charge in [0.05, 0.1) is 18.8 Å². The van der Waals surface area contributed by atoms with Crippen molar-refractivity contribution in [3.8, 4) is 0 Å². The zero-order chi connectivity index (χ0) is 15.2. The molecule has 0 aliphatic rings. The Kier molecular flexibility index (Phi) is 5.93. The quantitative estimate of drug-likeness (QED) is 0.717. The number of hydrogen-bond donors (Lipinski definition) is 3. The molecule has 0 unspecified atom stereocenters. The molecule has 7 nitrogen and oxygen atoms in total. The highest BCUT2D eigenvalue weighted by molar-refractivity contribution is 7.88. The summed E-state index contributed by atoms with van der Waals surface area (Å²) >= 11 is 0. The molecule has 0 aliphatic heterocycles. The fourth-order valence-corrected chi connectivity index (χ4v) is 2.37. The fraction of sp³-hybridized carbons (Fsp3) is 0.417. The van der Waals surface area contributed by atoms with Crippen LogP contribution in [0.5, 0.6) is 0 Å². The first-order valence-electron chi connectivity index (χ1n) is 6.00. The lowest BCUT2D eigenvalue weighted by molar-refractivity contribution is 0.121. The molecule has 0 heterocycles. The minimum absolute atomic E-state index is 0.437. The van der Waals surface area contributed by atoms with Crippen LogP contribution in [-0.4, -0.2) is 32.3 Å². The third-order valence-electron chi connectivity index (χ3n) is 2.24. The highest BCUT2D eigenvalue weighted by Gasteiger charge is 2.21. The second-order valence-electron chi connectivity index (χ2n) is 4.32. The number of aliphatic hydroxyl groups is 1. The largest absolute Gasteiger partial charge is 0.446 e. The van der Waals surface area contributed by atoms with Gasteiger partial charge in [0.25, 0.3) is 0 Å². The first kappa shape index (κ1) is 16.4. The first-order chi connectivity index (χ1) is 9.34. The van der Waals surface area contributed by atoms with E-state index in [1.165, 1.54) is 0 Å². The maximum Gasteiger partial charge on any atom is 0.422 e. The van der Waals surface area contributed by atoms with Gasteiger partial charge >= 0.3 is 16.3 Å². The molecule has 1 atom stereocenters. The van der Waals surface area contributed by atoms with Gasteiger partial charge in [0.2, 0.25) is 0 Å². The predicted octanol–water partition coefficient (Wildman–Crippen LogP) is 0.689. The van der Waals surface area contributed by atoms with Crippen LogP contribution in [0.1, 0.15) is 25.5 Å². The average molecular weight is 302 g/mol. The molecule has 0 saturated heterocycles. The lowest BCUT2D eigenvalue weighted by atomic mass is 10.1. The smallest absolute Gasteiger partial charge is 0.422 e. The second kappa shape index (κ2) is 7.22. The van der Waals surface area contributed by atoms with Gasteiger partial charge < -0.3 is 9.84 Å². The molecular weight excluding hydrogens is 284 g/mol. The summed E-state index contributed by atoms with van der Waals surface area (Å²) in [6, 6.07) is 7.68. The Hall–Kier alpha value is -1.64. The van der Waals surface area contributed by atoms with Crippen molar-refractivity contribution < 1.29 is 23.1 Å². The minimum Gasteiger partial charge on any atom is -0.446 e. The van der Waals surface area contributed by atoms with E-state index in [4.69, 9.17) is 0 Å². The van der Waals surface area contributed by atoms with E-state index in [9.17, 15) is 18.3 Å². The van der Waals surface area contributed by atoms with E-state index in [0.717, 1.165) is 0 Å². The van der Waals surface area contributed by atoms with Gasteiger partial charge in [-0.05, 0) is 19.4 Å². The summed E-state index contributed by atoms with van der Waals surface area (Å²) in [6.07, 6.45) is -1.51. The molecule has 0 aromatic heterocycles. The maximum atomic E-state index is 11.7. The molecule has 0 bridgehead atoms. The van der Waals surface area contributed by atoms with Gasteiger partial charge in [0, 0.05) is 0 Å². The number of ether oxygens (including phenoxy) is 1. The third kappa shape index (κ3) is 5.55. The first-order valence-corrected chi connectivity index (χ1v) is 7.49. The van der Waals surface area contributed by atoms with Crippen molar-refractivity contribution in [3.05, 3.63) is 35.9 Å². The van der Waals surface area contributed by atoms with Crippen molar-refractivity contribution in [1.82, 2.24) is 9.44 Å². The van der Waals surface area contributed by atoms with Crippen LogP contribution in [0.4, 0.5) is 4.79 Å². The molecule has 1 aromatic carbocycles. The fourth-order valence-electron chi connectivity index (χ4n) is 1.46. The van der Waals surface area contributed by atoms with Gasteiger partial charge in [-0.1, -0.05) is 30.3 Å². The van der Waals surface area contributed by atoms with Crippen molar-refractivity contribution in [2.24, 2.45) is 0 Å². The molecule has 0 fully saturated rings. The summed E-state index contributed by atoms with van der Waals surface area (Å²) in [5.41, 5.74) is 0.581. The Balaban J connectivity index is 2.71. The number of aliphatic hydroxyl groups excluding tert-OH is 1. The zero-order valence-electron chi connectivity index (χ0n) is 11.2. The number of carbonyl (C=O) groups excluding carboxylic acids is 1. The van der Waals surface area contributed by atoms with Crippen molar-refractivity contribution in [3.63, 3.8) is 0 Å². The third-order valence-corrected chi connectivity index (χ3v) is 3.27. The Labute approximate surface area is 118 Å². The van der Waals surface area contributed by atoms with Crippen LogP contribution >= 0.6 is 0 Å². The van der Waals surface area contributed by atoms with Crippen molar-refractivity contribution in [1.29, 1.82) is 0 Å². The van der Waals surface area contributed by atoms with E-state index in [1.807, 2.05) is 0 Å². The maximum absolute atomic E-state index is 11.7. The number of carbonyl (C=O) groups is 1. The molecule has 0 saturated carbocycles. The topological polar surface area (TPSA) is 105 Å². The summed E-state index contributed by atoms with van der Waals surface area (Å²) in [4.78, 5) is 11.3. The summed E-state index contributed by atoms with van der Waals surface area (Å²) < 4.78 is 32.0. The Morgan fingerprint density at radius 1 is 1.30 bits per heavy atom. The van der Waals surface area contributed by atoms with Crippen molar-refractivity contribution in [2.75, 3.05) is 6.61 Å². The molecule has 112 valence electrons. The lowest BCUT2D eigenvalue weighted by Gasteiger charge is -2.17. The molecular formula is C12H18N2O5S. The Morgan fingerprint density at radius 3 is 2.40 bits per heavy atom. The van der Waals surface area contributed by atoms with Gasteiger partial charge in [-0.2, -0.15) is 13.1 Å². The molecule has 3 N–H and O–H groups in total. The Morgan fingerprint density at radius 2 is 1.90 bits per heavy atom. The number of rotatable bonds is 6. The van der Waals surface area contributed by atoms with Gasteiger partial charge in [-0.25, -0.2) is 9.52 Å². The van der Waals surface area contributed by atoms with E-state index < -0.39 is 35.1 Å². The second-order valence-corrected chi connectivity index (χ2v) is 5.77. The van der Waals surface area contributed by atoms with Crippen LogP contribution in [0.3, 0.4) is 0 Å². The average Bonchev–Trinajstić information content (AvgIpc) is 2.35. The predicted molar refractivity (Wildman–Crippen MR) is 73.1 cm³/mol. The molecule has 1 aromatic rings. The molecule has 0 aliphatic carbocycles. The standard InChI is InChI=1S/C12H18N2O5S/c1-9(2)19-12(16)14-20(17,18)13-11(8-15)10-6-4-3-5-7-10/h3-7,9,11,13,15H,8H2,1-2H3,(H,14,16)/t11-/m0/s1. The van der Waals surface area contributed by atoms with Crippen LogP contribution in [0.2, 0.25) is 0 Å². The SMILES string of the molecule is CC(C)OC(=O)NS(=O)(=O)N[C@@H](CO)c1ccccc1. The van der Waals surface area contributed by atoms with Crippen LogP contribution < -0.4 is 9.44 Å². The van der Waals surface area contributed by atoms with Gasteiger partial charge in [-0.3, -0.25) is 0 Å². The van der Waals surface area contributed by atoms with Gasteiger partial charge in [0.15, 0.2) is 0 Å². The van der Waals surface area contributed by atoms with E-state index in [0.29, 0.717) is 5.56 Å². The van der Waals surface area contributed by atoms with Crippen molar-refractivity contribution in [2.45, 2.75) is 26.0 Å². The van der Waals surface area contributed by atoms with E-state index in [1.54, 1.807) is 48.9 Å². The lowest BCUT2D eigenvalue weighted by Crippen LogP contribution is -2.43. The number of hydrogen-bond acceptors (Lipinski definition) is 5. The minimum atomic E-state index is -4.12. The number of benzene rings is 1. The van der Waals surface area contributed by atoms with Crippen LogP contribution in [0, 0.1) is 0 Å². The molecule has 0 spiro atoms. The number of nitrogens with one attached hydrogen (secondary N) is 2. The van der Waals surface area contributed by atoms with E-state index >= 15 is 0 Å². The monoisotopic (exact) mass is 302 g/mol. The van der Waals surface area contributed by atoms with E-state index in [2.05, 4.69) is 9.46 Å². The van der Waals surface area contributed by atoms with Crippen molar-refractivity contribution >= 4 is 16.3 Å². The van der Waals surface area contributed by atoms with Crippen LogP contribution in [0.25, 0.3) is 0 Å². The summed E-state index contributed by atoms with van der Waals surface area (Å²) in [6.45, 7) is 2.75. The highest BCUT2D eigenvalue weighted by atomic mass is 32.2. The summed E-state index contributed by atoms with van der Waals surface area (Å²) in [5.74, 6) is 0. The molecule has 20 heavy (non-hydrogen) atoms. The normalized spacial score (nSPS) is 13.0. The molecule has 1 amide bonds. The summed E-state index contributed by atoms with van der Waals surface area (Å²) in [5, 5.41) is 9.25. The van der Waals surface area contributed by atoms with Gasteiger partial charge in [-0.15, -0.1) is 0 Å². The van der Waals surface area contributed by atoms with Crippen LogP contribution in [0.15, 0.2) is 30.3 Å². The molecule has 0 radical (unpaired) electrons. The van der Waals surface area contributed by atoms with Crippen LogP contribution in [-0.2, 0) is 14.9 Å². The number of amides is 1. The summed E-state index contributed by atoms with van der Waals surface area (Å²) in [7, 11) is -4.12.